The summed E-state index contributed by atoms with van der Waals surface area (Å²) in [7, 11) is 1.17. The summed E-state index contributed by atoms with van der Waals surface area (Å²) in [5.74, 6) is 0. The van der Waals surface area contributed by atoms with E-state index < -0.39 is 18.0 Å². The minimum Gasteiger partial charge on any atom is -0.442 e. The lowest BCUT2D eigenvalue weighted by molar-refractivity contribution is -0.143. The van der Waals surface area contributed by atoms with Gasteiger partial charge in [0.25, 0.3) is 0 Å². The van der Waals surface area contributed by atoms with Gasteiger partial charge in [-0.05, 0) is 6.07 Å². The van der Waals surface area contributed by atoms with Crippen LogP contribution in [0.2, 0.25) is 0 Å². The van der Waals surface area contributed by atoms with E-state index in [-0.39, 0.29) is 12.3 Å². The van der Waals surface area contributed by atoms with Gasteiger partial charge < -0.3 is 4.74 Å². The van der Waals surface area contributed by atoms with Crippen LogP contribution in [0.3, 0.4) is 0 Å². The monoisotopic (exact) mass is 274 g/mol. The Morgan fingerprint density at radius 1 is 1.47 bits per heavy atom. The number of ether oxygens (including phenoxy) is 1. The second kappa shape index (κ2) is 4.75. The van der Waals surface area contributed by atoms with E-state index in [9.17, 15) is 18.0 Å². The van der Waals surface area contributed by atoms with Gasteiger partial charge in [-0.25, -0.2) is 14.3 Å². The molecule has 2 aromatic heterocycles. The van der Waals surface area contributed by atoms with Crippen LogP contribution < -0.4 is 0 Å². The van der Waals surface area contributed by atoms with E-state index in [1.54, 1.807) is 0 Å². The first-order valence-electron chi connectivity index (χ1n) is 5.13. The van der Waals surface area contributed by atoms with E-state index in [4.69, 9.17) is 4.74 Å². The third-order valence-electron chi connectivity index (χ3n) is 2.28. The standard InChI is InChI=1S/C10H9F3N4O2/c1-16-8(10(11,12)13)4-7(15-16)5-19-9(18)17-3-2-14-6-17/h2-4,6H,5H2,1H3. The molecule has 0 spiro atoms. The lowest BCUT2D eigenvalue weighted by Gasteiger charge is -2.04. The summed E-state index contributed by atoms with van der Waals surface area (Å²) < 4.78 is 44.1. The molecule has 19 heavy (non-hydrogen) atoms. The van der Waals surface area contributed by atoms with Gasteiger partial charge in [-0.3, -0.25) is 4.68 Å². The smallest absolute Gasteiger partial charge is 0.433 e. The molecule has 2 aromatic rings. The summed E-state index contributed by atoms with van der Waals surface area (Å²) in [6.07, 6.45) is -1.27. The van der Waals surface area contributed by atoms with Crippen LogP contribution in [0.4, 0.5) is 18.0 Å². The van der Waals surface area contributed by atoms with Crippen LogP contribution >= 0.6 is 0 Å². The highest BCUT2D eigenvalue weighted by Crippen LogP contribution is 2.29. The fourth-order valence-corrected chi connectivity index (χ4v) is 1.44. The Hall–Kier alpha value is -2.32. The highest BCUT2D eigenvalue weighted by molar-refractivity contribution is 5.69. The second-order valence-corrected chi connectivity index (χ2v) is 3.67. The molecule has 0 saturated heterocycles. The van der Waals surface area contributed by atoms with Crippen LogP contribution in [-0.2, 0) is 24.6 Å². The zero-order valence-electron chi connectivity index (χ0n) is 9.76. The molecular weight excluding hydrogens is 265 g/mol. The third-order valence-corrected chi connectivity index (χ3v) is 2.28. The largest absolute Gasteiger partial charge is 0.442 e. The van der Waals surface area contributed by atoms with Crippen molar-refractivity contribution in [2.75, 3.05) is 0 Å². The molecule has 2 rings (SSSR count). The highest BCUT2D eigenvalue weighted by atomic mass is 19.4. The molecule has 6 nitrogen and oxygen atoms in total. The van der Waals surface area contributed by atoms with Crippen LogP contribution in [0.15, 0.2) is 24.8 Å². The van der Waals surface area contributed by atoms with Crippen molar-refractivity contribution in [3.63, 3.8) is 0 Å². The van der Waals surface area contributed by atoms with Gasteiger partial charge in [-0.1, -0.05) is 0 Å². The fraction of sp³-hybridized carbons (Fsp3) is 0.300. The number of aryl methyl sites for hydroxylation is 1. The molecule has 0 aromatic carbocycles. The molecule has 0 bridgehead atoms. The number of hydrogen-bond donors (Lipinski definition) is 0. The number of alkyl halides is 3. The molecule has 0 aliphatic heterocycles. The molecule has 0 N–H and O–H groups in total. The summed E-state index contributed by atoms with van der Waals surface area (Å²) in [5.41, 5.74) is -0.885. The van der Waals surface area contributed by atoms with E-state index in [1.807, 2.05) is 0 Å². The number of carbonyl (C=O) groups is 1. The normalized spacial score (nSPS) is 11.6. The average molecular weight is 274 g/mol. The fourth-order valence-electron chi connectivity index (χ4n) is 1.44. The molecule has 0 saturated carbocycles. The predicted octanol–water partition coefficient (Wildman–Crippen LogP) is 1.82. The number of halogens is 3. The minimum absolute atomic E-state index is 0.0169. The van der Waals surface area contributed by atoms with Gasteiger partial charge in [0, 0.05) is 19.4 Å². The first kappa shape index (κ1) is 13.1. The lowest BCUT2D eigenvalue weighted by atomic mass is 10.3. The van der Waals surface area contributed by atoms with Crippen molar-refractivity contribution in [1.29, 1.82) is 0 Å². The minimum atomic E-state index is -4.49. The molecule has 102 valence electrons. The van der Waals surface area contributed by atoms with Gasteiger partial charge in [0.1, 0.15) is 24.3 Å². The van der Waals surface area contributed by atoms with Crippen LogP contribution in [0.25, 0.3) is 0 Å². The molecular formula is C10H9F3N4O2. The molecule has 2 heterocycles. The van der Waals surface area contributed by atoms with Gasteiger partial charge >= 0.3 is 12.3 Å². The molecule has 0 amide bonds. The van der Waals surface area contributed by atoms with Crippen molar-refractivity contribution < 1.29 is 22.7 Å². The van der Waals surface area contributed by atoms with Crippen LogP contribution in [0, 0.1) is 0 Å². The molecule has 0 unspecified atom stereocenters. The number of hydrogen-bond acceptors (Lipinski definition) is 4. The number of nitrogens with zero attached hydrogens (tertiary/aromatic N) is 4. The lowest BCUT2D eigenvalue weighted by Crippen LogP contribution is -2.12. The van der Waals surface area contributed by atoms with Crippen LogP contribution in [0.5, 0.6) is 0 Å². The molecule has 0 fully saturated rings. The molecule has 0 radical (unpaired) electrons. The second-order valence-electron chi connectivity index (χ2n) is 3.67. The van der Waals surface area contributed by atoms with Gasteiger partial charge in [0.15, 0.2) is 0 Å². The van der Waals surface area contributed by atoms with Gasteiger partial charge in [-0.2, -0.15) is 18.3 Å². The first-order valence-corrected chi connectivity index (χ1v) is 5.13. The van der Waals surface area contributed by atoms with Crippen molar-refractivity contribution in [3.05, 3.63) is 36.2 Å². The van der Waals surface area contributed by atoms with Crippen LogP contribution in [0.1, 0.15) is 11.4 Å². The zero-order chi connectivity index (χ0) is 14.0. The molecule has 0 aliphatic carbocycles. The van der Waals surface area contributed by atoms with Crippen molar-refractivity contribution in [2.24, 2.45) is 7.05 Å². The maximum atomic E-state index is 12.5. The number of carbonyl (C=O) groups excluding carboxylic acids is 1. The maximum Gasteiger partial charge on any atom is 0.433 e. The van der Waals surface area contributed by atoms with Crippen molar-refractivity contribution in [1.82, 2.24) is 19.3 Å². The number of aromatic nitrogens is 4. The van der Waals surface area contributed by atoms with E-state index >= 15 is 0 Å². The maximum absolute atomic E-state index is 12.5. The van der Waals surface area contributed by atoms with E-state index in [2.05, 4.69) is 10.1 Å². The Kier molecular flexibility index (Phi) is 3.28. The first-order chi connectivity index (χ1) is 8.88. The average Bonchev–Trinajstić information content (AvgIpc) is 2.93. The SMILES string of the molecule is Cn1nc(COC(=O)n2ccnc2)cc1C(F)(F)F. The van der Waals surface area contributed by atoms with Crippen molar-refractivity contribution in [3.8, 4) is 0 Å². The topological polar surface area (TPSA) is 61.9 Å². The van der Waals surface area contributed by atoms with Crippen molar-refractivity contribution in [2.45, 2.75) is 12.8 Å². The van der Waals surface area contributed by atoms with Gasteiger partial charge in [-0.15, -0.1) is 0 Å². The number of imidazole rings is 1. The van der Waals surface area contributed by atoms with E-state index in [1.165, 1.54) is 25.8 Å². The summed E-state index contributed by atoms with van der Waals surface area (Å²) in [4.78, 5) is 15.1. The Balaban J connectivity index is 2.03. The van der Waals surface area contributed by atoms with Gasteiger partial charge in [0.2, 0.25) is 0 Å². The quantitative estimate of drug-likeness (QED) is 0.838. The van der Waals surface area contributed by atoms with E-state index in [0.717, 1.165) is 10.6 Å². The molecule has 0 atom stereocenters. The predicted molar refractivity (Wildman–Crippen MR) is 56.0 cm³/mol. The Morgan fingerprint density at radius 3 is 2.74 bits per heavy atom. The highest BCUT2D eigenvalue weighted by Gasteiger charge is 2.34. The Bertz CT molecular complexity index is 574. The Morgan fingerprint density at radius 2 is 2.21 bits per heavy atom. The molecule has 0 aliphatic rings. The molecule has 9 heteroatoms. The summed E-state index contributed by atoms with van der Waals surface area (Å²) >= 11 is 0. The number of rotatable bonds is 2. The van der Waals surface area contributed by atoms with Crippen LogP contribution in [-0.4, -0.2) is 25.4 Å². The summed E-state index contributed by atoms with van der Waals surface area (Å²) in [6, 6.07) is 0.835. The van der Waals surface area contributed by atoms with E-state index in [0.29, 0.717) is 4.68 Å². The summed E-state index contributed by atoms with van der Waals surface area (Å²) in [6.45, 7) is -0.346. The Labute approximate surface area is 105 Å². The van der Waals surface area contributed by atoms with Crippen molar-refractivity contribution >= 4 is 6.09 Å². The third kappa shape index (κ3) is 2.92. The summed E-state index contributed by atoms with van der Waals surface area (Å²) in [5, 5.41) is 3.62. The van der Waals surface area contributed by atoms with Gasteiger partial charge in [0.05, 0.1) is 0 Å². The zero-order valence-corrected chi connectivity index (χ0v) is 9.76.